The molecule has 0 aliphatic heterocycles. The van der Waals surface area contributed by atoms with Crippen molar-refractivity contribution in [1.82, 2.24) is 9.78 Å². The molecule has 1 aliphatic rings. The predicted molar refractivity (Wildman–Crippen MR) is 78.4 cm³/mol. The molecule has 0 N–H and O–H groups in total. The number of rotatable bonds is 4. The molecule has 3 rings (SSSR count). The van der Waals surface area contributed by atoms with E-state index < -0.39 is 5.97 Å². The summed E-state index contributed by atoms with van der Waals surface area (Å²) >= 11 is 0. The fourth-order valence-corrected chi connectivity index (χ4v) is 2.57. The number of aromatic nitrogens is 2. The number of ether oxygens (including phenoxy) is 2. The molecule has 0 spiro atoms. The summed E-state index contributed by atoms with van der Waals surface area (Å²) in [6.07, 6.45) is 3.37. The maximum atomic E-state index is 11.8. The Morgan fingerprint density at radius 1 is 1.29 bits per heavy atom. The molecule has 0 unspecified atom stereocenters. The van der Waals surface area contributed by atoms with Gasteiger partial charge in [-0.15, -0.1) is 0 Å². The molecule has 1 heterocycles. The number of para-hydroxylation sites is 1. The van der Waals surface area contributed by atoms with Gasteiger partial charge in [0, 0.05) is 5.56 Å². The Labute approximate surface area is 123 Å². The average molecular weight is 286 g/mol. The number of methoxy groups -OCH3 is 2. The second-order valence-electron chi connectivity index (χ2n) is 5.14. The first-order valence-corrected chi connectivity index (χ1v) is 7.06. The first kappa shape index (κ1) is 13.7. The molecule has 1 fully saturated rings. The van der Waals surface area contributed by atoms with E-state index in [-0.39, 0.29) is 0 Å². The monoisotopic (exact) mass is 286 g/mol. The molecule has 1 aromatic carbocycles. The summed E-state index contributed by atoms with van der Waals surface area (Å²) in [7, 11) is 3.01. The highest BCUT2D eigenvalue weighted by molar-refractivity contribution is 5.89. The molecule has 5 heteroatoms. The van der Waals surface area contributed by atoms with E-state index in [1.54, 1.807) is 13.2 Å². The number of carbonyl (C=O) groups excluding carboxylic acids is 1. The summed E-state index contributed by atoms with van der Waals surface area (Å²) in [6, 6.07) is 9.89. The molecule has 1 aliphatic carbocycles. The summed E-state index contributed by atoms with van der Waals surface area (Å²) in [4.78, 5) is 11.8. The highest BCUT2D eigenvalue weighted by Crippen LogP contribution is 2.38. The molecule has 1 saturated carbocycles. The van der Waals surface area contributed by atoms with Crippen molar-refractivity contribution in [1.29, 1.82) is 0 Å². The fourth-order valence-electron chi connectivity index (χ4n) is 2.57. The van der Waals surface area contributed by atoms with Crippen LogP contribution in [0.3, 0.4) is 0 Å². The van der Waals surface area contributed by atoms with Crippen LogP contribution in [0.1, 0.15) is 35.8 Å². The molecule has 0 atom stereocenters. The standard InChI is InChI=1S/C16H18N2O3/c1-20-15-9-4-3-8-12(15)14-10-13(16(19)21-2)17-18(14)11-6-5-7-11/h3-4,8-11H,5-7H2,1-2H3. The molecule has 2 aromatic rings. The zero-order valence-electron chi connectivity index (χ0n) is 12.2. The van der Waals surface area contributed by atoms with Crippen LogP contribution in [0.2, 0.25) is 0 Å². The smallest absolute Gasteiger partial charge is 0.358 e. The van der Waals surface area contributed by atoms with E-state index in [9.17, 15) is 4.79 Å². The summed E-state index contributed by atoms with van der Waals surface area (Å²) < 4.78 is 12.1. The van der Waals surface area contributed by atoms with E-state index in [0.29, 0.717) is 11.7 Å². The molecule has 0 amide bonds. The number of hydrogen-bond donors (Lipinski definition) is 0. The lowest BCUT2D eigenvalue weighted by Crippen LogP contribution is -2.19. The van der Waals surface area contributed by atoms with Crippen LogP contribution in [-0.2, 0) is 4.74 Å². The van der Waals surface area contributed by atoms with Gasteiger partial charge in [-0.2, -0.15) is 5.10 Å². The van der Waals surface area contributed by atoms with Gasteiger partial charge in [-0.3, -0.25) is 4.68 Å². The summed E-state index contributed by atoms with van der Waals surface area (Å²) in [6.45, 7) is 0. The third-order valence-electron chi connectivity index (χ3n) is 3.93. The Kier molecular flexibility index (Phi) is 3.64. The van der Waals surface area contributed by atoms with Crippen molar-refractivity contribution in [2.45, 2.75) is 25.3 Å². The zero-order chi connectivity index (χ0) is 14.8. The van der Waals surface area contributed by atoms with Gasteiger partial charge in [-0.25, -0.2) is 4.79 Å². The van der Waals surface area contributed by atoms with Gasteiger partial charge in [-0.05, 0) is 37.5 Å². The van der Waals surface area contributed by atoms with Crippen LogP contribution >= 0.6 is 0 Å². The van der Waals surface area contributed by atoms with E-state index in [1.165, 1.54) is 13.5 Å². The van der Waals surface area contributed by atoms with Crippen molar-refractivity contribution in [2.75, 3.05) is 14.2 Å². The molecular weight excluding hydrogens is 268 g/mol. The van der Waals surface area contributed by atoms with Gasteiger partial charge >= 0.3 is 5.97 Å². The van der Waals surface area contributed by atoms with Crippen LogP contribution < -0.4 is 4.74 Å². The van der Waals surface area contributed by atoms with Gasteiger partial charge in [0.05, 0.1) is 26.0 Å². The van der Waals surface area contributed by atoms with Crippen LogP contribution in [0, 0.1) is 0 Å². The van der Waals surface area contributed by atoms with Crippen LogP contribution in [-0.4, -0.2) is 30.0 Å². The first-order chi connectivity index (χ1) is 10.2. The molecule has 0 bridgehead atoms. The Bertz CT molecular complexity index is 659. The number of benzene rings is 1. The molecule has 21 heavy (non-hydrogen) atoms. The van der Waals surface area contributed by atoms with Crippen molar-refractivity contribution in [2.24, 2.45) is 0 Å². The maximum Gasteiger partial charge on any atom is 0.358 e. The number of hydrogen-bond acceptors (Lipinski definition) is 4. The number of esters is 1. The van der Waals surface area contributed by atoms with Crippen LogP contribution in [0.15, 0.2) is 30.3 Å². The summed E-state index contributed by atoms with van der Waals surface area (Å²) in [5.74, 6) is 0.360. The second-order valence-corrected chi connectivity index (χ2v) is 5.14. The first-order valence-electron chi connectivity index (χ1n) is 7.06. The van der Waals surface area contributed by atoms with E-state index in [0.717, 1.165) is 29.8 Å². The quantitative estimate of drug-likeness (QED) is 0.811. The Morgan fingerprint density at radius 3 is 2.67 bits per heavy atom. The van der Waals surface area contributed by atoms with Crippen molar-refractivity contribution in [3.63, 3.8) is 0 Å². The predicted octanol–water partition coefficient (Wildman–Crippen LogP) is 3.07. The van der Waals surface area contributed by atoms with E-state index in [1.807, 2.05) is 28.9 Å². The lowest BCUT2D eigenvalue weighted by Gasteiger charge is -2.27. The average Bonchev–Trinajstić information content (AvgIpc) is 2.89. The Morgan fingerprint density at radius 2 is 2.05 bits per heavy atom. The van der Waals surface area contributed by atoms with Crippen molar-refractivity contribution < 1.29 is 14.3 Å². The Balaban J connectivity index is 2.11. The maximum absolute atomic E-state index is 11.8. The van der Waals surface area contributed by atoms with Crippen molar-refractivity contribution >= 4 is 5.97 Å². The molecule has 0 saturated heterocycles. The number of carbonyl (C=O) groups is 1. The topological polar surface area (TPSA) is 53.4 Å². The van der Waals surface area contributed by atoms with Crippen molar-refractivity contribution in [3.05, 3.63) is 36.0 Å². The third kappa shape index (κ3) is 2.39. The molecule has 1 aromatic heterocycles. The number of nitrogens with zero attached hydrogens (tertiary/aromatic N) is 2. The lowest BCUT2D eigenvalue weighted by molar-refractivity contribution is 0.0592. The summed E-state index contributed by atoms with van der Waals surface area (Å²) in [5.41, 5.74) is 2.18. The largest absolute Gasteiger partial charge is 0.496 e. The highest BCUT2D eigenvalue weighted by atomic mass is 16.5. The van der Waals surface area contributed by atoms with Gasteiger partial charge in [0.25, 0.3) is 0 Å². The normalized spacial score (nSPS) is 14.6. The molecule has 110 valence electrons. The van der Waals surface area contributed by atoms with Gasteiger partial charge in [0.15, 0.2) is 5.69 Å². The lowest BCUT2D eigenvalue weighted by atomic mass is 9.93. The van der Waals surface area contributed by atoms with Gasteiger partial charge in [0.1, 0.15) is 5.75 Å². The molecule has 0 radical (unpaired) electrons. The van der Waals surface area contributed by atoms with Crippen molar-refractivity contribution in [3.8, 4) is 17.0 Å². The summed E-state index contributed by atoms with van der Waals surface area (Å²) in [5, 5.41) is 4.44. The Hall–Kier alpha value is -2.30. The molecule has 5 nitrogen and oxygen atoms in total. The fraction of sp³-hybridized carbons (Fsp3) is 0.375. The zero-order valence-corrected chi connectivity index (χ0v) is 12.2. The van der Waals surface area contributed by atoms with E-state index >= 15 is 0 Å². The van der Waals surface area contributed by atoms with Gasteiger partial charge in [-0.1, -0.05) is 12.1 Å². The second kappa shape index (κ2) is 5.60. The minimum atomic E-state index is -0.413. The van der Waals surface area contributed by atoms with E-state index in [4.69, 9.17) is 9.47 Å². The van der Waals surface area contributed by atoms with Crippen LogP contribution in [0.25, 0.3) is 11.3 Å². The highest BCUT2D eigenvalue weighted by Gasteiger charge is 2.26. The molecular formula is C16H18N2O3. The minimum Gasteiger partial charge on any atom is -0.496 e. The van der Waals surface area contributed by atoms with Crippen LogP contribution in [0.5, 0.6) is 5.75 Å². The third-order valence-corrected chi connectivity index (χ3v) is 3.93. The van der Waals surface area contributed by atoms with Gasteiger partial charge < -0.3 is 9.47 Å². The SMILES string of the molecule is COC(=O)c1cc(-c2ccccc2OC)n(C2CCC2)n1. The van der Waals surface area contributed by atoms with Crippen LogP contribution in [0.4, 0.5) is 0 Å². The van der Waals surface area contributed by atoms with E-state index in [2.05, 4.69) is 5.10 Å². The van der Waals surface area contributed by atoms with Gasteiger partial charge in [0.2, 0.25) is 0 Å². The minimum absolute atomic E-state index is 0.338.